The van der Waals surface area contributed by atoms with Gasteiger partial charge in [-0.25, -0.2) is 10.2 Å². The quantitative estimate of drug-likeness (QED) is 0.498. The first-order valence-corrected chi connectivity index (χ1v) is 7.81. The molecule has 0 bridgehead atoms. The van der Waals surface area contributed by atoms with Gasteiger partial charge in [0, 0.05) is 16.8 Å². The highest BCUT2D eigenvalue weighted by atomic mass is 35.5. The Hall–Kier alpha value is -1.53. The van der Waals surface area contributed by atoms with Gasteiger partial charge in [0.1, 0.15) is 0 Å². The summed E-state index contributed by atoms with van der Waals surface area (Å²) in [6, 6.07) is 6.93. The molecule has 7 heteroatoms. The summed E-state index contributed by atoms with van der Waals surface area (Å²) in [7, 11) is 0. The molecule has 0 unspecified atom stereocenters. The van der Waals surface area contributed by atoms with Crippen LogP contribution in [-0.2, 0) is 0 Å². The Morgan fingerprint density at radius 1 is 1.19 bits per heavy atom. The SMILES string of the molecule is O=C(NNC(=S)NC1CCCCC1)Nc1cccc(Cl)c1. The number of hydrogen-bond donors (Lipinski definition) is 4. The van der Waals surface area contributed by atoms with Crippen LogP contribution in [0, 0.1) is 0 Å². The highest BCUT2D eigenvalue weighted by Crippen LogP contribution is 2.17. The van der Waals surface area contributed by atoms with Gasteiger partial charge in [0.25, 0.3) is 0 Å². The van der Waals surface area contributed by atoms with Crippen LogP contribution in [0.4, 0.5) is 10.5 Å². The molecule has 4 N–H and O–H groups in total. The standard InChI is InChI=1S/C14H19ClN4OS/c15-10-5-4-8-12(9-10)16-13(20)18-19-14(21)17-11-6-2-1-3-7-11/h4-5,8-9,11H,1-3,6-7H2,(H2,16,18,20)(H2,17,19,21). The van der Waals surface area contributed by atoms with Gasteiger partial charge in [0.2, 0.25) is 0 Å². The van der Waals surface area contributed by atoms with Crippen molar-refractivity contribution in [3.05, 3.63) is 29.3 Å². The van der Waals surface area contributed by atoms with E-state index >= 15 is 0 Å². The zero-order valence-electron chi connectivity index (χ0n) is 11.6. The first kappa shape index (κ1) is 15.9. The van der Waals surface area contributed by atoms with Crippen molar-refractivity contribution in [3.8, 4) is 0 Å². The van der Waals surface area contributed by atoms with Crippen LogP contribution in [0.5, 0.6) is 0 Å². The summed E-state index contributed by atoms with van der Waals surface area (Å²) in [4.78, 5) is 11.7. The minimum absolute atomic E-state index is 0.398. The summed E-state index contributed by atoms with van der Waals surface area (Å²) in [5.41, 5.74) is 5.80. The van der Waals surface area contributed by atoms with Gasteiger partial charge in [0.05, 0.1) is 0 Å². The van der Waals surface area contributed by atoms with Crippen LogP contribution in [0.3, 0.4) is 0 Å². The third kappa shape index (κ3) is 5.77. The molecule has 0 heterocycles. The molecule has 21 heavy (non-hydrogen) atoms. The third-order valence-corrected chi connectivity index (χ3v) is 3.77. The normalized spacial score (nSPS) is 15.1. The van der Waals surface area contributed by atoms with Gasteiger partial charge in [-0.1, -0.05) is 36.9 Å². The maximum atomic E-state index is 11.7. The first-order valence-electron chi connectivity index (χ1n) is 7.02. The molecule has 1 fully saturated rings. The van der Waals surface area contributed by atoms with E-state index in [4.69, 9.17) is 23.8 Å². The van der Waals surface area contributed by atoms with Crippen LogP contribution in [0.2, 0.25) is 5.02 Å². The van der Waals surface area contributed by atoms with Crippen LogP contribution in [-0.4, -0.2) is 17.2 Å². The van der Waals surface area contributed by atoms with Gasteiger partial charge in [-0.05, 0) is 43.3 Å². The molecular weight excluding hydrogens is 308 g/mol. The number of benzene rings is 1. The van der Waals surface area contributed by atoms with Crippen LogP contribution >= 0.6 is 23.8 Å². The Kier molecular flexibility index (Phi) is 6.07. The number of carbonyl (C=O) groups excluding carboxylic acids is 1. The highest BCUT2D eigenvalue weighted by molar-refractivity contribution is 7.80. The molecule has 0 radical (unpaired) electrons. The minimum Gasteiger partial charge on any atom is -0.359 e. The fourth-order valence-electron chi connectivity index (χ4n) is 2.31. The van der Waals surface area contributed by atoms with E-state index in [1.54, 1.807) is 24.3 Å². The van der Waals surface area contributed by atoms with Crippen LogP contribution < -0.4 is 21.5 Å². The van der Waals surface area contributed by atoms with Crippen LogP contribution in [0.25, 0.3) is 0 Å². The molecule has 0 aromatic heterocycles. The van der Waals surface area contributed by atoms with E-state index in [1.165, 1.54) is 19.3 Å². The molecule has 1 saturated carbocycles. The smallest absolute Gasteiger partial charge is 0.337 e. The van der Waals surface area contributed by atoms with E-state index in [1.807, 2.05) is 0 Å². The van der Waals surface area contributed by atoms with Crippen molar-refractivity contribution in [2.45, 2.75) is 38.1 Å². The second-order valence-corrected chi connectivity index (χ2v) is 5.87. The molecule has 0 aliphatic heterocycles. The van der Waals surface area contributed by atoms with E-state index in [-0.39, 0.29) is 0 Å². The Morgan fingerprint density at radius 2 is 1.95 bits per heavy atom. The Balaban J connectivity index is 1.69. The molecule has 1 aromatic carbocycles. The second kappa shape index (κ2) is 8.05. The molecule has 2 rings (SSSR count). The third-order valence-electron chi connectivity index (χ3n) is 3.31. The van der Waals surface area contributed by atoms with Gasteiger partial charge in [-0.2, -0.15) is 0 Å². The number of nitrogens with one attached hydrogen (secondary N) is 4. The fourth-order valence-corrected chi connectivity index (χ4v) is 2.72. The van der Waals surface area contributed by atoms with Crippen molar-refractivity contribution in [1.82, 2.24) is 16.2 Å². The predicted molar refractivity (Wildman–Crippen MR) is 89.3 cm³/mol. The van der Waals surface area contributed by atoms with E-state index in [9.17, 15) is 4.79 Å². The summed E-state index contributed by atoms with van der Waals surface area (Å²) >= 11 is 11.0. The van der Waals surface area contributed by atoms with Gasteiger partial charge < -0.3 is 10.6 Å². The number of amides is 2. The number of halogens is 1. The largest absolute Gasteiger partial charge is 0.359 e. The maximum absolute atomic E-state index is 11.7. The predicted octanol–water partition coefficient (Wildman–Crippen LogP) is 3.17. The number of anilines is 1. The van der Waals surface area contributed by atoms with Crippen molar-refractivity contribution < 1.29 is 4.79 Å². The number of hydrogen-bond acceptors (Lipinski definition) is 2. The zero-order valence-corrected chi connectivity index (χ0v) is 13.2. The molecule has 5 nitrogen and oxygen atoms in total. The molecule has 0 saturated heterocycles. The van der Waals surface area contributed by atoms with Gasteiger partial charge >= 0.3 is 6.03 Å². The highest BCUT2D eigenvalue weighted by Gasteiger charge is 2.14. The molecular formula is C14H19ClN4OS. The van der Waals surface area contributed by atoms with E-state index in [2.05, 4.69) is 21.5 Å². The number of rotatable bonds is 2. The number of thiocarbonyl (C=S) groups is 1. The summed E-state index contributed by atoms with van der Waals surface area (Å²) in [5, 5.41) is 6.86. The van der Waals surface area contributed by atoms with Crippen molar-refractivity contribution in [1.29, 1.82) is 0 Å². The van der Waals surface area contributed by atoms with Crippen molar-refractivity contribution in [2.75, 3.05) is 5.32 Å². The Labute approximate surface area is 134 Å². The number of urea groups is 1. The maximum Gasteiger partial charge on any atom is 0.337 e. The summed E-state index contributed by atoms with van der Waals surface area (Å²) in [5.74, 6) is 0. The Morgan fingerprint density at radius 3 is 2.67 bits per heavy atom. The minimum atomic E-state index is -0.398. The monoisotopic (exact) mass is 326 g/mol. The molecule has 1 aromatic rings. The molecule has 1 aliphatic rings. The average molecular weight is 327 g/mol. The topological polar surface area (TPSA) is 65.2 Å². The van der Waals surface area contributed by atoms with Crippen molar-refractivity contribution in [3.63, 3.8) is 0 Å². The Bertz CT molecular complexity index is 506. The van der Waals surface area contributed by atoms with Crippen molar-refractivity contribution >= 4 is 40.6 Å². The summed E-state index contributed by atoms with van der Waals surface area (Å²) < 4.78 is 0. The van der Waals surface area contributed by atoms with Crippen LogP contribution in [0.15, 0.2) is 24.3 Å². The van der Waals surface area contributed by atoms with Gasteiger partial charge in [-0.15, -0.1) is 0 Å². The van der Waals surface area contributed by atoms with Gasteiger partial charge in [0.15, 0.2) is 5.11 Å². The molecule has 0 spiro atoms. The van der Waals surface area contributed by atoms with E-state index in [0.717, 1.165) is 12.8 Å². The molecule has 0 atom stereocenters. The molecule has 114 valence electrons. The summed E-state index contributed by atoms with van der Waals surface area (Å²) in [6.07, 6.45) is 5.98. The lowest BCUT2D eigenvalue weighted by atomic mass is 9.96. The zero-order chi connectivity index (χ0) is 15.1. The van der Waals surface area contributed by atoms with Crippen molar-refractivity contribution in [2.24, 2.45) is 0 Å². The van der Waals surface area contributed by atoms with E-state index in [0.29, 0.717) is 21.9 Å². The average Bonchev–Trinajstić information content (AvgIpc) is 2.46. The number of carbonyl (C=O) groups is 1. The number of hydrazine groups is 1. The first-order chi connectivity index (χ1) is 10.1. The fraction of sp³-hybridized carbons (Fsp3) is 0.429. The lowest BCUT2D eigenvalue weighted by Gasteiger charge is -2.24. The molecule has 2 amide bonds. The molecule has 1 aliphatic carbocycles. The lowest BCUT2D eigenvalue weighted by Crippen LogP contribution is -2.51. The van der Waals surface area contributed by atoms with Crippen LogP contribution in [0.1, 0.15) is 32.1 Å². The van der Waals surface area contributed by atoms with E-state index < -0.39 is 6.03 Å². The lowest BCUT2D eigenvalue weighted by molar-refractivity contribution is 0.250. The second-order valence-electron chi connectivity index (χ2n) is 5.02. The van der Waals surface area contributed by atoms with Gasteiger partial charge in [-0.3, -0.25) is 5.43 Å². The summed E-state index contributed by atoms with van der Waals surface area (Å²) in [6.45, 7) is 0.